The molecule has 2 aliphatic heterocycles. The van der Waals surface area contributed by atoms with Crippen LogP contribution in [-0.2, 0) is 14.3 Å². The number of piperidine rings is 1. The van der Waals surface area contributed by atoms with Gasteiger partial charge in [0.25, 0.3) is 5.91 Å². The monoisotopic (exact) mass is 399 g/mol. The number of nitrogens with zero attached hydrogens (tertiary/aromatic N) is 2. The Kier molecular flexibility index (Phi) is 5.58. The Labute approximate surface area is 171 Å². The van der Waals surface area contributed by atoms with Crippen molar-refractivity contribution in [2.45, 2.75) is 56.7 Å². The van der Waals surface area contributed by atoms with Gasteiger partial charge in [-0.2, -0.15) is 0 Å². The third-order valence-electron chi connectivity index (χ3n) is 6.63. The zero-order chi connectivity index (χ0) is 20.4. The van der Waals surface area contributed by atoms with Crippen LogP contribution in [-0.4, -0.2) is 59.0 Å². The third kappa shape index (κ3) is 3.75. The van der Waals surface area contributed by atoms with Gasteiger partial charge < -0.3 is 15.4 Å². The number of primary amides is 1. The first-order valence-corrected chi connectivity index (χ1v) is 10.6. The van der Waals surface area contributed by atoms with Gasteiger partial charge in [-0.1, -0.05) is 24.6 Å². The number of benzene rings is 1. The van der Waals surface area contributed by atoms with Crippen molar-refractivity contribution < 1.29 is 19.1 Å². The van der Waals surface area contributed by atoms with Gasteiger partial charge in [-0.25, -0.2) is 0 Å². The molecule has 3 aliphatic rings. The van der Waals surface area contributed by atoms with Gasteiger partial charge in [0, 0.05) is 24.6 Å². The van der Waals surface area contributed by atoms with Crippen LogP contribution < -0.4 is 5.73 Å². The Balaban J connectivity index is 1.57. The molecule has 1 saturated carbocycles. The lowest BCUT2D eigenvalue weighted by Gasteiger charge is -2.42. The summed E-state index contributed by atoms with van der Waals surface area (Å²) in [6, 6.07) is 8.51. The van der Waals surface area contributed by atoms with E-state index in [-0.39, 0.29) is 30.2 Å². The van der Waals surface area contributed by atoms with Gasteiger partial charge in [0.2, 0.25) is 11.8 Å². The molecule has 0 radical (unpaired) electrons. The molecule has 2 N–H and O–H groups in total. The number of likely N-dealkylation sites (tertiary alicyclic amines) is 1. The Bertz CT molecular complexity index is 768. The number of rotatable bonds is 3. The van der Waals surface area contributed by atoms with E-state index < -0.39 is 11.8 Å². The van der Waals surface area contributed by atoms with Gasteiger partial charge in [-0.15, -0.1) is 0 Å². The molecule has 3 fully saturated rings. The molecule has 2 heterocycles. The second kappa shape index (κ2) is 8.14. The van der Waals surface area contributed by atoms with Gasteiger partial charge >= 0.3 is 0 Å². The lowest BCUT2D eigenvalue weighted by molar-refractivity contribution is -0.140. The first-order chi connectivity index (χ1) is 14.0. The first kappa shape index (κ1) is 19.9. The molecule has 7 nitrogen and oxygen atoms in total. The van der Waals surface area contributed by atoms with Crippen molar-refractivity contribution in [3.05, 3.63) is 35.9 Å². The number of ether oxygens (including phenoxy) is 1. The van der Waals surface area contributed by atoms with E-state index in [4.69, 9.17) is 10.5 Å². The maximum Gasteiger partial charge on any atom is 0.256 e. The van der Waals surface area contributed by atoms with Gasteiger partial charge in [0.05, 0.1) is 6.61 Å². The maximum absolute atomic E-state index is 13.5. The highest BCUT2D eigenvalue weighted by molar-refractivity contribution is 5.98. The molecule has 1 aromatic carbocycles. The lowest BCUT2D eigenvalue weighted by Crippen LogP contribution is -2.57. The Morgan fingerprint density at radius 3 is 2.28 bits per heavy atom. The second-order valence-corrected chi connectivity index (χ2v) is 8.38. The molecule has 1 aliphatic carbocycles. The fraction of sp³-hybridized carbons (Fsp3) is 0.591. The molecule has 1 spiro atoms. The van der Waals surface area contributed by atoms with Crippen LogP contribution >= 0.6 is 0 Å². The van der Waals surface area contributed by atoms with Crippen LogP contribution in [0.1, 0.15) is 55.3 Å². The van der Waals surface area contributed by atoms with E-state index in [0.717, 1.165) is 32.1 Å². The molecule has 1 aromatic rings. The quantitative estimate of drug-likeness (QED) is 0.840. The first-order valence-electron chi connectivity index (χ1n) is 10.6. The summed E-state index contributed by atoms with van der Waals surface area (Å²) in [5.41, 5.74) is 5.31. The Morgan fingerprint density at radius 2 is 1.66 bits per heavy atom. The normalized spacial score (nSPS) is 24.6. The fourth-order valence-electron chi connectivity index (χ4n) is 4.97. The molecule has 0 aromatic heterocycles. The van der Waals surface area contributed by atoms with Crippen molar-refractivity contribution in [2.75, 3.05) is 19.7 Å². The minimum atomic E-state index is -0.683. The molecule has 29 heavy (non-hydrogen) atoms. The largest absolute Gasteiger partial charge is 0.369 e. The molecular weight excluding hydrogens is 370 g/mol. The summed E-state index contributed by atoms with van der Waals surface area (Å²) < 4.78 is 6.20. The third-order valence-corrected chi connectivity index (χ3v) is 6.63. The number of carbonyl (C=O) groups excluding carboxylic acids is 3. The van der Waals surface area contributed by atoms with Crippen LogP contribution in [0, 0.1) is 5.92 Å². The van der Waals surface area contributed by atoms with Crippen molar-refractivity contribution >= 4 is 17.7 Å². The minimum absolute atomic E-state index is 0.0837. The smallest absolute Gasteiger partial charge is 0.256 e. The number of hydrogen-bond donors (Lipinski definition) is 1. The van der Waals surface area contributed by atoms with Gasteiger partial charge in [-0.3, -0.25) is 19.3 Å². The van der Waals surface area contributed by atoms with Gasteiger partial charge in [-0.05, 0) is 50.7 Å². The van der Waals surface area contributed by atoms with Crippen LogP contribution in [0.3, 0.4) is 0 Å². The maximum atomic E-state index is 13.5. The number of amides is 3. The molecule has 1 atom stereocenters. The summed E-state index contributed by atoms with van der Waals surface area (Å²) >= 11 is 0. The zero-order valence-electron chi connectivity index (χ0n) is 16.7. The van der Waals surface area contributed by atoms with Crippen LogP contribution in [0.15, 0.2) is 30.3 Å². The predicted molar refractivity (Wildman–Crippen MR) is 107 cm³/mol. The van der Waals surface area contributed by atoms with Crippen molar-refractivity contribution in [3.8, 4) is 0 Å². The molecule has 4 rings (SSSR count). The number of hydrogen-bond acceptors (Lipinski definition) is 4. The average Bonchev–Trinajstić information content (AvgIpc) is 3.12. The summed E-state index contributed by atoms with van der Waals surface area (Å²) in [7, 11) is 0. The summed E-state index contributed by atoms with van der Waals surface area (Å²) in [6.07, 6.45) is 5.78. The van der Waals surface area contributed by atoms with E-state index in [0.29, 0.717) is 31.5 Å². The standard InChI is InChI=1S/C22H29N3O4/c23-19(26)16-9-13-24(14-10-16)21(28)18-15-29-22(11-5-2-6-12-22)25(18)20(27)17-7-3-1-4-8-17/h1,3-4,7-8,16,18H,2,5-6,9-15H2,(H2,23,26). The minimum Gasteiger partial charge on any atom is -0.369 e. The molecular formula is C22H29N3O4. The van der Waals surface area contributed by atoms with Crippen molar-refractivity contribution in [3.63, 3.8) is 0 Å². The van der Waals surface area contributed by atoms with Crippen LogP contribution in [0.25, 0.3) is 0 Å². The van der Waals surface area contributed by atoms with Crippen molar-refractivity contribution in [1.82, 2.24) is 9.80 Å². The second-order valence-electron chi connectivity index (χ2n) is 8.38. The summed E-state index contributed by atoms with van der Waals surface area (Å²) in [5.74, 6) is -0.705. The summed E-state index contributed by atoms with van der Waals surface area (Å²) in [4.78, 5) is 41.8. The van der Waals surface area contributed by atoms with Gasteiger partial charge in [0.15, 0.2) is 0 Å². The van der Waals surface area contributed by atoms with Crippen molar-refractivity contribution in [1.29, 1.82) is 0 Å². The summed E-state index contributed by atoms with van der Waals surface area (Å²) in [5, 5.41) is 0. The van der Waals surface area contributed by atoms with Crippen molar-refractivity contribution in [2.24, 2.45) is 11.7 Å². The highest BCUT2D eigenvalue weighted by Gasteiger charge is 2.53. The van der Waals surface area contributed by atoms with E-state index in [2.05, 4.69) is 0 Å². The van der Waals surface area contributed by atoms with E-state index >= 15 is 0 Å². The molecule has 156 valence electrons. The molecule has 0 bridgehead atoms. The topological polar surface area (TPSA) is 92.9 Å². The Hall–Kier alpha value is -2.41. The van der Waals surface area contributed by atoms with E-state index in [1.165, 1.54) is 0 Å². The predicted octanol–water partition coefficient (Wildman–Crippen LogP) is 1.91. The highest BCUT2D eigenvalue weighted by atomic mass is 16.5. The SMILES string of the molecule is NC(=O)C1CCN(C(=O)C2COC3(CCCCC3)N2C(=O)c2ccccc2)CC1. The zero-order valence-corrected chi connectivity index (χ0v) is 16.7. The van der Waals surface area contributed by atoms with Crippen LogP contribution in [0.5, 0.6) is 0 Å². The fourth-order valence-corrected chi connectivity index (χ4v) is 4.97. The van der Waals surface area contributed by atoms with Gasteiger partial charge in [0.1, 0.15) is 11.8 Å². The molecule has 7 heteroatoms. The highest BCUT2D eigenvalue weighted by Crippen LogP contribution is 2.42. The van der Waals surface area contributed by atoms with E-state index in [9.17, 15) is 14.4 Å². The van der Waals surface area contributed by atoms with Crippen LogP contribution in [0.2, 0.25) is 0 Å². The average molecular weight is 399 g/mol. The molecule has 3 amide bonds. The van der Waals surface area contributed by atoms with E-state index in [1.54, 1.807) is 21.9 Å². The van der Waals surface area contributed by atoms with Crippen LogP contribution in [0.4, 0.5) is 0 Å². The summed E-state index contributed by atoms with van der Waals surface area (Å²) in [6.45, 7) is 1.21. The Morgan fingerprint density at radius 1 is 1.00 bits per heavy atom. The number of carbonyl (C=O) groups is 3. The lowest BCUT2D eigenvalue weighted by atomic mass is 9.89. The van der Waals surface area contributed by atoms with E-state index in [1.807, 2.05) is 18.2 Å². The molecule has 1 unspecified atom stereocenters. The number of nitrogens with two attached hydrogens (primary N) is 1. The molecule has 2 saturated heterocycles.